The van der Waals surface area contributed by atoms with Crippen LogP contribution in [-0.2, 0) is 0 Å². The van der Waals surface area contributed by atoms with Gasteiger partial charge in [0.1, 0.15) is 10.3 Å². The highest BCUT2D eigenvalue weighted by Crippen LogP contribution is 2.26. The number of nitrogens with zero attached hydrogens (tertiary/aromatic N) is 2. The third-order valence-electron chi connectivity index (χ3n) is 3.27. The van der Waals surface area contributed by atoms with Gasteiger partial charge in [0, 0.05) is 13.1 Å². The van der Waals surface area contributed by atoms with Gasteiger partial charge in [0.25, 0.3) is 5.56 Å². The molecule has 6 heteroatoms. The Labute approximate surface area is 109 Å². The third kappa shape index (κ3) is 2.87. The van der Waals surface area contributed by atoms with Crippen molar-refractivity contribution in [1.29, 1.82) is 0 Å². The molecule has 1 saturated heterocycles. The molecule has 1 fully saturated rings. The van der Waals surface area contributed by atoms with Crippen molar-refractivity contribution in [2.45, 2.75) is 19.3 Å². The van der Waals surface area contributed by atoms with Crippen LogP contribution in [0.1, 0.15) is 19.3 Å². The molecule has 94 valence electrons. The van der Waals surface area contributed by atoms with E-state index in [1.54, 1.807) is 0 Å². The second kappa shape index (κ2) is 5.64. The molecule has 17 heavy (non-hydrogen) atoms. The number of hydrogen-bond donors (Lipinski definition) is 2. The van der Waals surface area contributed by atoms with Crippen molar-refractivity contribution >= 4 is 21.7 Å². The van der Waals surface area contributed by atoms with Crippen LogP contribution in [0.25, 0.3) is 0 Å². The molecule has 0 bridgehead atoms. The van der Waals surface area contributed by atoms with Gasteiger partial charge in [-0.05, 0) is 47.7 Å². The first kappa shape index (κ1) is 12.6. The van der Waals surface area contributed by atoms with Gasteiger partial charge in [-0.2, -0.15) is 0 Å². The first-order chi connectivity index (χ1) is 8.22. The Hall–Kier alpha value is -0.880. The number of nitrogens with two attached hydrogens (primary N) is 1. The topological polar surface area (TPSA) is 75.0 Å². The number of hydrogen-bond acceptors (Lipinski definition) is 4. The van der Waals surface area contributed by atoms with E-state index in [0.29, 0.717) is 4.47 Å². The van der Waals surface area contributed by atoms with Crippen molar-refractivity contribution in [3.8, 4) is 0 Å². The zero-order valence-corrected chi connectivity index (χ0v) is 11.2. The highest BCUT2D eigenvalue weighted by atomic mass is 79.9. The fraction of sp³-hybridized carbons (Fsp3) is 0.636. The van der Waals surface area contributed by atoms with Crippen molar-refractivity contribution in [2.24, 2.45) is 11.7 Å². The molecule has 0 aromatic carbocycles. The summed E-state index contributed by atoms with van der Waals surface area (Å²) in [5, 5.41) is 0. The minimum atomic E-state index is -0.126. The van der Waals surface area contributed by atoms with E-state index in [-0.39, 0.29) is 5.56 Å². The van der Waals surface area contributed by atoms with E-state index >= 15 is 0 Å². The minimum Gasteiger partial charge on any atom is -0.355 e. The van der Waals surface area contributed by atoms with Gasteiger partial charge < -0.3 is 15.6 Å². The molecular weight excluding hydrogens is 284 g/mol. The van der Waals surface area contributed by atoms with Gasteiger partial charge in [-0.25, -0.2) is 4.98 Å². The van der Waals surface area contributed by atoms with Gasteiger partial charge in [0.2, 0.25) is 0 Å². The van der Waals surface area contributed by atoms with Gasteiger partial charge in [0.15, 0.2) is 0 Å². The Kier molecular flexibility index (Phi) is 4.17. The van der Waals surface area contributed by atoms with E-state index in [9.17, 15) is 4.79 Å². The molecule has 0 amide bonds. The maximum atomic E-state index is 11.5. The van der Waals surface area contributed by atoms with Crippen LogP contribution in [0.5, 0.6) is 0 Å². The molecule has 0 aliphatic carbocycles. The van der Waals surface area contributed by atoms with Crippen molar-refractivity contribution < 1.29 is 0 Å². The number of nitrogens with one attached hydrogen (secondary N) is 1. The van der Waals surface area contributed by atoms with Crippen LogP contribution in [0.15, 0.2) is 15.6 Å². The van der Waals surface area contributed by atoms with Gasteiger partial charge in [0.05, 0.1) is 6.33 Å². The van der Waals surface area contributed by atoms with E-state index in [0.717, 1.165) is 50.6 Å². The minimum absolute atomic E-state index is 0.126. The first-order valence-corrected chi connectivity index (χ1v) is 6.70. The van der Waals surface area contributed by atoms with E-state index < -0.39 is 0 Å². The first-order valence-electron chi connectivity index (χ1n) is 5.90. The van der Waals surface area contributed by atoms with Crippen molar-refractivity contribution in [3.63, 3.8) is 0 Å². The molecule has 2 rings (SSSR count). The Morgan fingerprint density at radius 2 is 2.24 bits per heavy atom. The van der Waals surface area contributed by atoms with Crippen LogP contribution < -0.4 is 16.2 Å². The molecule has 1 aliphatic rings. The summed E-state index contributed by atoms with van der Waals surface area (Å²) in [5.74, 6) is 1.47. The molecule has 0 spiro atoms. The quantitative estimate of drug-likeness (QED) is 0.876. The molecule has 1 aromatic heterocycles. The molecule has 1 aliphatic heterocycles. The predicted octanol–water partition coefficient (Wildman–Crippen LogP) is 1.10. The fourth-order valence-electron chi connectivity index (χ4n) is 2.26. The Bertz CT molecular complexity index is 426. The van der Waals surface area contributed by atoms with Crippen LogP contribution in [0.2, 0.25) is 0 Å². The van der Waals surface area contributed by atoms with Crippen molar-refractivity contribution in [2.75, 3.05) is 24.5 Å². The molecule has 0 unspecified atom stereocenters. The molecule has 5 nitrogen and oxygen atoms in total. The molecule has 0 saturated carbocycles. The van der Waals surface area contributed by atoms with Gasteiger partial charge in [-0.15, -0.1) is 0 Å². The summed E-state index contributed by atoms with van der Waals surface area (Å²) < 4.78 is 0.525. The maximum absolute atomic E-state index is 11.5. The zero-order valence-electron chi connectivity index (χ0n) is 9.66. The summed E-state index contributed by atoms with van der Waals surface area (Å²) in [7, 11) is 0. The summed E-state index contributed by atoms with van der Waals surface area (Å²) in [5.41, 5.74) is 5.44. The lowest BCUT2D eigenvalue weighted by atomic mass is 9.94. The molecule has 2 heterocycles. The number of rotatable bonds is 3. The SMILES string of the molecule is NCCC1CCN(c2nc[nH]c(=O)c2Br)CC1. The average molecular weight is 301 g/mol. The highest BCUT2D eigenvalue weighted by Gasteiger charge is 2.21. The number of aromatic nitrogens is 2. The predicted molar refractivity (Wildman–Crippen MR) is 71.2 cm³/mol. The van der Waals surface area contributed by atoms with Crippen LogP contribution in [0.3, 0.4) is 0 Å². The highest BCUT2D eigenvalue weighted by molar-refractivity contribution is 9.10. The second-order valence-electron chi connectivity index (χ2n) is 4.38. The number of anilines is 1. The molecule has 1 aromatic rings. The smallest absolute Gasteiger partial charge is 0.267 e. The Morgan fingerprint density at radius 3 is 2.88 bits per heavy atom. The van der Waals surface area contributed by atoms with Crippen LogP contribution in [-0.4, -0.2) is 29.6 Å². The second-order valence-corrected chi connectivity index (χ2v) is 5.17. The largest absolute Gasteiger partial charge is 0.355 e. The standard InChI is InChI=1S/C11H17BrN4O/c12-9-10(14-7-15-11(9)17)16-5-2-8(1-4-13)3-6-16/h7-8H,1-6,13H2,(H,14,15,17). The number of halogens is 1. The Morgan fingerprint density at radius 1 is 1.53 bits per heavy atom. The third-order valence-corrected chi connectivity index (χ3v) is 3.98. The summed E-state index contributed by atoms with van der Waals surface area (Å²) >= 11 is 3.29. The fourth-order valence-corrected chi connectivity index (χ4v) is 2.73. The van der Waals surface area contributed by atoms with Crippen molar-refractivity contribution in [1.82, 2.24) is 9.97 Å². The lowest BCUT2D eigenvalue weighted by Crippen LogP contribution is -2.36. The summed E-state index contributed by atoms with van der Waals surface area (Å²) in [4.78, 5) is 20.4. The lowest BCUT2D eigenvalue weighted by molar-refractivity contribution is 0.385. The lowest BCUT2D eigenvalue weighted by Gasteiger charge is -2.32. The van der Waals surface area contributed by atoms with Crippen LogP contribution >= 0.6 is 15.9 Å². The van der Waals surface area contributed by atoms with E-state index in [1.165, 1.54) is 6.33 Å². The van der Waals surface area contributed by atoms with Crippen molar-refractivity contribution in [3.05, 3.63) is 21.2 Å². The van der Waals surface area contributed by atoms with Crippen LogP contribution in [0.4, 0.5) is 5.82 Å². The normalized spacial score (nSPS) is 17.4. The summed E-state index contributed by atoms with van der Waals surface area (Å²) in [6.45, 7) is 2.65. The molecule has 0 atom stereocenters. The maximum Gasteiger partial charge on any atom is 0.267 e. The Balaban J connectivity index is 2.05. The molecular formula is C11H17BrN4O. The van der Waals surface area contributed by atoms with E-state index in [1.807, 2.05) is 0 Å². The number of aromatic amines is 1. The van der Waals surface area contributed by atoms with Gasteiger partial charge in [-0.3, -0.25) is 4.79 Å². The summed E-state index contributed by atoms with van der Waals surface area (Å²) in [6.07, 6.45) is 4.79. The van der Waals surface area contributed by atoms with E-state index in [4.69, 9.17) is 5.73 Å². The van der Waals surface area contributed by atoms with Crippen LogP contribution in [0, 0.1) is 5.92 Å². The molecule has 0 radical (unpaired) electrons. The molecule has 3 N–H and O–H groups in total. The zero-order chi connectivity index (χ0) is 12.3. The number of piperidine rings is 1. The average Bonchev–Trinajstić information content (AvgIpc) is 2.34. The van der Waals surface area contributed by atoms with Gasteiger partial charge in [-0.1, -0.05) is 0 Å². The van der Waals surface area contributed by atoms with Gasteiger partial charge >= 0.3 is 0 Å². The number of H-pyrrole nitrogens is 1. The van der Waals surface area contributed by atoms with E-state index in [2.05, 4.69) is 30.8 Å². The monoisotopic (exact) mass is 300 g/mol. The summed E-state index contributed by atoms with van der Waals surface area (Å²) in [6, 6.07) is 0.